The second-order valence-corrected chi connectivity index (χ2v) is 6.12. The molecule has 0 aliphatic carbocycles. The normalized spacial score (nSPS) is 11.8. The number of benzene rings is 2. The fourth-order valence-electron chi connectivity index (χ4n) is 1.98. The van der Waals surface area contributed by atoms with Crippen molar-refractivity contribution in [3.63, 3.8) is 0 Å². The molecule has 0 unspecified atom stereocenters. The highest BCUT2D eigenvalue weighted by Gasteiger charge is 2.35. The molecule has 2 rings (SSSR count). The van der Waals surface area contributed by atoms with E-state index in [0.29, 0.717) is 0 Å². The lowest BCUT2D eigenvalue weighted by atomic mass is 10.0. The van der Waals surface area contributed by atoms with E-state index >= 15 is 0 Å². The molecule has 24 heavy (non-hydrogen) atoms. The van der Waals surface area contributed by atoms with Gasteiger partial charge in [-0.2, -0.15) is 0 Å². The molecule has 0 N–H and O–H groups in total. The van der Waals surface area contributed by atoms with E-state index in [1.54, 1.807) is 13.8 Å². The Morgan fingerprint density at radius 3 is 1.58 bits per heavy atom. The molecular weight excluding hydrogens is 331 g/mol. The predicted octanol–water partition coefficient (Wildman–Crippen LogP) is 4.84. The molecule has 0 saturated heterocycles. The smallest absolute Gasteiger partial charge is 0.271 e. The molecule has 2 aromatic carbocycles. The topological polar surface area (TPSA) is 63.2 Å². The van der Waals surface area contributed by atoms with Crippen LogP contribution in [0.25, 0.3) is 0 Å². The van der Waals surface area contributed by atoms with Gasteiger partial charge < -0.3 is 0 Å². The molecule has 0 aliphatic rings. The zero-order valence-corrected chi connectivity index (χ0v) is 14.6. The maximum atomic E-state index is 12.8. The van der Waals surface area contributed by atoms with Crippen LogP contribution in [-0.4, -0.2) is 13.2 Å². The Labute approximate surface area is 141 Å². The second-order valence-electron chi connectivity index (χ2n) is 4.72. The van der Waals surface area contributed by atoms with Crippen LogP contribution in [-0.2, 0) is 28.2 Å². The molecule has 7 heteroatoms. The minimum absolute atomic E-state index is 0.185. The molecule has 0 bridgehead atoms. The van der Waals surface area contributed by atoms with E-state index in [1.165, 1.54) is 0 Å². The van der Waals surface area contributed by atoms with E-state index in [0.717, 1.165) is 11.1 Å². The van der Waals surface area contributed by atoms with Gasteiger partial charge in [-0.25, -0.2) is 14.3 Å². The minimum Gasteiger partial charge on any atom is -0.271 e. The van der Waals surface area contributed by atoms with Gasteiger partial charge in [0.15, 0.2) is 0 Å². The van der Waals surface area contributed by atoms with Crippen LogP contribution in [0.1, 0.15) is 31.1 Å². The summed E-state index contributed by atoms with van der Waals surface area (Å²) in [6.45, 7) is 3.75. The summed E-state index contributed by atoms with van der Waals surface area (Å²) in [5.74, 6) is 0. The molecular formula is C17H21O6P. The van der Waals surface area contributed by atoms with Gasteiger partial charge in [0.2, 0.25) is 0 Å². The average Bonchev–Trinajstić information content (AvgIpc) is 2.64. The molecule has 0 aliphatic heterocycles. The van der Waals surface area contributed by atoms with Gasteiger partial charge in [0.05, 0.1) is 13.2 Å². The Bertz CT molecular complexity index is 583. The lowest BCUT2D eigenvalue weighted by Gasteiger charge is -2.22. The van der Waals surface area contributed by atoms with Crippen LogP contribution in [0.5, 0.6) is 0 Å². The monoisotopic (exact) mass is 352 g/mol. The highest BCUT2D eigenvalue weighted by molar-refractivity contribution is 7.48. The van der Waals surface area contributed by atoms with Gasteiger partial charge in [0.1, 0.15) is 6.10 Å². The van der Waals surface area contributed by atoms with Crippen LogP contribution in [0.15, 0.2) is 60.7 Å². The standard InChI is InChI=1S/C17H21O6P/c1-3-19-22-24(18,23-20-4-2)21-17(15-11-7-5-8-12-15)16-13-9-6-10-14-16/h5-14,17H,3-4H2,1-2H3. The van der Waals surface area contributed by atoms with Gasteiger partial charge in [-0.15, -0.1) is 9.35 Å². The largest absolute Gasteiger partial charge is 0.530 e. The highest BCUT2D eigenvalue weighted by Crippen LogP contribution is 2.54. The van der Waals surface area contributed by atoms with Crippen molar-refractivity contribution in [2.45, 2.75) is 20.0 Å². The molecule has 0 aromatic heterocycles. The summed E-state index contributed by atoms with van der Waals surface area (Å²) in [7, 11) is -4.08. The van der Waals surface area contributed by atoms with Crippen LogP contribution < -0.4 is 0 Å². The molecule has 2 aromatic rings. The van der Waals surface area contributed by atoms with Gasteiger partial charge in [-0.05, 0) is 25.0 Å². The number of hydrogen-bond acceptors (Lipinski definition) is 6. The Kier molecular flexibility index (Phi) is 7.59. The third kappa shape index (κ3) is 5.53. The van der Waals surface area contributed by atoms with E-state index in [4.69, 9.17) is 23.6 Å². The van der Waals surface area contributed by atoms with Crippen molar-refractivity contribution in [1.82, 2.24) is 0 Å². The lowest BCUT2D eigenvalue weighted by molar-refractivity contribution is -0.280. The minimum atomic E-state index is -4.08. The predicted molar refractivity (Wildman–Crippen MR) is 88.8 cm³/mol. The third-order valence-corrected chi connectivity index (χ3v) is 4.01. The summed E-state index contributed by atoms with van der Waals surface area (Å²) in [4.78, 5) is 9.55. The molecule has 130 valence electrons. The number of rotatable bonds is 10. The van der Waals surface area contributed by atoms with Gasteiger partial charge in [0.25, 0.3) is 0 Å². The maximum Gasteiger partial charge on any atom is 0.530 e. The van der Waals surface area contributed by atoms with Crippen LogP contribution in [0.3, 0.4) is 0 Å². The molecule has 0 radical (unpaired) electrons. The van der Waals surface area contributed by atoms with E-state index in [9.17, 15) is 4.57 Å². The first-order valence-corrected chi connectivity index (χ1v) is 9.15. The van der Waals surface area contributed by atoms with E-state index in [1.807, 2.05) is 60.7 Å². The van der Waals surface area contributed by atoms with Crippen molar-refractivity contribution in [2.75, 3.05) is 13.2 Å². The van der Waals surface area contributed by atoms with Crippen LogP contribution >= 0.6 is 7.82 Å². The quantitative estimate of drug-likeness (QED) is 0.346. The molecule has 0 atom stereocenters. The summed E-state index contributed by atoms with van der Waals surface area (Å²) in [6.07, 6.45) is -0.667. The van der Waals surface area contributed by atoms with Gasteiger partial charge in [-0.1, -0.05) is 60.7 Å². The molecule has 6 nitrogen and oxygen atoms in total. The molecule has 0 spiro atoms. The van der Waals surface area contributed by atoms with Gasteiger partial charge >= 0.3 is 7.82 Å². The summed E-state index contributed by atoms with van der Waals surface area (Å²) >= 11 is 0. The molecule has 0 fully saturated rings. The van der Waals surface area contributed by atoms with Crippen LogP contribution in [0.4, 0.5) is 0 Å². The summed E-state index contributed by atoms with van der Waals surface area (Å²) < 4.78 is 28.1. The highest BCUT2D eigenvalue weighted by atomic mass is 31.2. The Balaban J connectivity index is 2.30. The van der Waals surface area contributed by atoms with Crippen molar-refractivity contribution >= 4 is 7.82 Å². The maximum absolute atomic E-state index is 12.8. The summed E-state index contributed by atoms with van der Waals surface area (Å²) in [6, 6.07) is 18.7. The zero-order chi connectivity index (χ0) is 17.3. The molecule has 0 heterocycles. The van der Waals surface area contributed by atoms with Gasteiger partial charge in [-0.3, -0.25) is 4.52 Å². The number of phosphoric acid groups is 1. The number of hydrogen-bond donors (Lipinski definition) is 0. The SMILES string of the molecule is CCOOP(=O)(OOCC)OC(c1ccccc1)c1ccccc1. The Morgan fingerprint density at radius 1 is 0.792 bits per heavy atom. The van der Waals surface area contributed by atoms with E-state index < -0.39 is 13.9 Å². The summed E-state index contributed by atoms with van der Waals surface area (Å²) in [5.41, 5.74) is 1.59. The van der Waals surface area contributed by atoms with Crippen LogP contribution in [0.2, 0.25) is 0 Å². The first-order chi connectivity index (χ1) is 11.7. The van der Waals surface area contributed by atoms with Gasteiger partial charge in [0, 0.05) is 0 Å². The lowest BCUT2D eigenvalue weighted by Crippen LogP contribution is -2.09. The zero-order valence-electron chi connectivity index (χ0n) is 13.7. The molecule has 0 saturated carbocycles. The van der Waals surface area contributed by atoms with Crippen molar-refractivity contribution in [1.29, 1.82) is 0 Å². The molecule has 0 amide bonds. The Morgan fingerprint density at radius 2 is 1.21 bits per heavy atom. The summed E-state index contributed by atoms with van der Waals surface area (Å²) in [5, 5.41) is 0. The van der Waals surface area contributed by atoms with Crippen LogP contribution in [0, 0.1) is 0 Å². The second kappa shape index (κ2) is 9.69. The fraction of sp³-hybridized carbons (Fsp3) is 0.294. The van der Waals surface area contributed by atoms with Crippen molar-refractivity contribution < 1.29 is 28.2 Å². The fourth-order valence-corrected chi connectivity index (χ4v) is 3.05. The average molecular weight is 352 g/mol. The van der Waals surface area contributed by atoms with Crippen molar-refractivity contribution in [3.05, 3.63) is 71.8 Å². The Hall–Kier alpha value is -1.53. The van der Waals surface area contributed by atoms with Crippen molar-refractivity contribution in [2.24, 2.45) is 0 Å². The van der Waals surface area contributed by atoms with E-state index in [2.05, 4.69) is 0 Å². The first-order valence-electron chi connectivity index (χ1n) is 7.69. The first kappa shape index (κ1) is 18.8. The third-order valence-electron chi connectivity index (χ3n) is 2.96. The van der Waals surface area contributed by atoms with E-state index in [-0.39, 0.29) is 13.2 Å². The van der Waals surface area contributed by atoms with Crippen molar-refractivity contribution in [3.8, 4) is 0 Å².